The summed E-state index contributed by atoms with van der Waals surface area (Å²) < 4.78 is 13.1. The van der Waals surface area contributed by atoms with E-state index in [2.05, 4.69) is 13.2 Å². The van der Waals surface area contributed by atoms with Crippen LogP contribution in [0.5, 0.6) is 0 Å². The van der Waals surface area contributed by atoms with Gasteiger partial charge in [0.15, 0.2) is 0 Å². The van der Waals surface area contributed by atoms with Gasteiger partial charge < -0.3 is 29.3 Å². The number of carbonyl (C=O) groups is 4. The van der Waals surface area contributed by atoms with Gasteiger partial charge in [0.2, 0.25) is 11.8 Å². The van der Waals surface area contributed by atoms with Crippen LogP contribution in [0.15, 0.2) is 79.9 Å². The first-order valence-corrected chi connectivity index (χ1v) is 18.2. The Hall–Kier alpha value is -3.99. The summed E-state index contributed by atoms with van der Waals surface area (Å²) in [5.74, 6) is -3.70. The van der Waals surface area contributed by atoms with Crippen LogP contribution in [0.1, 0.15) is 64.5 Å². The van der Waals surface area contributed by atoms with Gasteiger partial charge in [-0.2, -0.15) is 0 Å². The van der Waals surface area contributed by atoms with Gasteiger partial charge in [-0.1, -0.05) is 74.4 Å². The number of nitrogens with zero attached hydrogens (tertiary/aromatic N) is 3. The summed E-state index contributed by atoms with van der Waals surface area (Å²) >= 11 is 6.18. The van der Waals surface area contributed by atoms with Crippen molar-refractivity contribution in [1.29, 1.82) is 0 Å². The second-order valence-electron chi connectivity index (χ2n) is 14.0. The van der Waals surface area contributed by atoms with Crippen molar-refractivity contribution in [1.82, 2.24) is 9.80 Å². The number of carbonyl (C=O) groups excluding carboxylic acids is 4. The predicted molar refractivity (Wildman–Crippen MR) is 196 cm³/mol. The van der Waals surface area contributed by atoms with E-state index in [-0.39, 0.29) is 37.3 Å². The molecule has 51 heavy (non-hydrogen) atoms. The van der Waals surface area contributed by atoms with Crippen LogP contribution in [0.25, 0.3) is 0 Å². The predicted octanol–water partition coefficient (Wildman–Crippen LogP) is 5.74. The zero-order chi connectivity index (χ0) is 37.0. The van der Waals surface area contributed by atoms with Gasteiger partial charge in [-0.05, 0) is 61.9 Å². The van der Waals surface area contributed by atoms with E-state index in [1.54, 1.807) is 53.3 Å². The molecule has 5 rings (SSSR count). The number of likely N-dealkylation sites (N-methyl/N-ethyl adjacent to an activating group) is 1. The maximum Gasteiger partial charge on any atom is 0.313 e. The number of anilines is 1. The molecular formula is C40H50ClN3O7. The van der Waals surface area contributed by atoms with E-state index >= 15 is 0 Å². The summed E-state index contributed by atoms with van der Waals surface area (Å²) in [6.07, 6.45) is 4.06. The Bertz CT molecular complexity index is 1600. The van der Waals surface area contributed by atoms with Gasteiger partial charge in [0, 0.05) is 30.7 Å². The van der Waals surface area contributed by atoms with Crippen LogP contribution in [0.3, 0.4) is 0 Å². The van der Waals surface area contributed by atoms with Crippen LogP contribution >= 0.6 is 11.6 Å². The van der Waals surface area contributed by atoms with E-state index in [1.807, 2.05) is 51.1 Å². The van der Waals surface area contributed by atoms with Gasteiger partial charge in [0.25, 0.3) is 5.91 Å². The molecule has 10 nitrogen and oxygen atoms in total. The molecule has 3 heterocycles. The average Bonchev–Trinajstić information content (AvgIpc) is 3.79. The summed E-state index contributed by atoms with van der Waals surface area (Å²) in [6, 6.07) is 13.7. The van der Waals surface area contributed by atoms with Crippen molar-refractivity contribution >= 4 is 41.0 Å². The van der Waals surface area contributed by atoms with E-state index in [9.17, 15) is 24.3 Å². The highest BCUT2D eigenvalue weighted by Crippen LogP contribution is 2.60. The first-order valence-electron chi connectivity index (χ1n) is 17.9. The number of halogens is 1. The molecule has 274 valence electrons. The molecule has 0 aromatic heterocycles. The van der Waals surface area contributed by atoms with Crippen molar-refractivity contribution in [2.24, 2.45) is 17.8 Å². The highest BCUT2D eigenvalue weighted by molar-refractivity contribution is 6.30. The first kappa shape index (κ1) is 38.2. The molecular weight excluding hydrogens is 670 g/mol. The molecule has 0 aliphatic carbocycles. The molecule has 0 radical (unpaired) electrons. The van der Waals surface area contributed by atoms with Crippen molar-refractivity contribution in [3.05, 3.63) is 90.5 Å². The van der Waals surface area contributed by atoms with Gasteiger partial charge in [-0.15, -0.1) is 13.2 Å². The molecule has 3 amide bonds. The van der Waals surface area contributed by atoms with Gasteiger partial charge in [-0.25, -0.2) is 0 Å². The molecule has 3 aliphatic heterocycles. The largest absolute Gasteiger partial charge is 0.455 e. The van der Waals surface area contributed by atoms with E-state index in [4.69, 9.17) is 21.1 Å². The third kappa shape index (κ3) is 7.10. The fraction of sp³-hybridized carbons (Fsp3) is 0.500. The standard InChI is InChI=1S/C40H50ClN3O7/c1-7-10-16-32(46)42(6)26(5)35(27-14-12-11-13-15-27)50-39(49)33-31-21-22-40(51-31)34(33)37(47)44(30(24-45)25(4)9-3)36(40)38(48)43(23-8-2)29-19-17-28(41)18-20-29/h7-8,11-15,17-20,25-26,30-31,33-36,45H,1-2,9-10,16,21-24H2,3-6H3/t25-,26-,30-,31+,33-,34-,35+,36+,40-/m0/s1. The lowest BCUT2D eigenvalue weighted by Crippen LogP contribution is -2.60. The lowest BCUT2D eigenvalue weighted by molar-refractivity contribution is -0.165. The highest BCUT2D eigenvalue weighted by atomic mass is 35.5. The Morgan fingerprint density at radius 1 is 1.12 bits per heavy atom. The number of likely N-dealkylation sites (tertiary alicyclic amines) is 1. The van der Waals surface area contributed by atoms with Crippen LogP contribution < -0.4 is 4.90 Å². The van der Waals surface area contributed by atoms with Crippen molar-refractivity contribution in [3.63, 3.8) is 0 Å². The number of ether oxygens (including phenoxy) is 2. The Kier molecular flexibility index (Phi) is 12.1. The molecule has 2 aromatic carbocycles. The normalized spacial score (nSPS) is 25.8. The number of aliphatic hydroxyl groups excluding tert-OH is 1. The van der Waals surface area contributed by atoms with Crippen molar-refractivity contribution in [2.75, 3.05) is 25.1 Å². The van der Waals surface area contributed by atoms with Gasteiger partial charge >= 0.3 is 5.97 Å². The minimum atomic E-state index is -1.32. The minimum Gasteiger partial charge on any atom is -0.455 e. The fourth-order valence-electron chi connectivity index (χ4n) is 8.15. The topological polar surface area (TPSA) is 117 Å². The quantitative estimate of drug-likeness (QED) is 0.174. The lowest BCUT2D eigenvalue weighted by atomic mass is 9.70. The molecule has 2 bridgehead atoms. The van der Waals surface area contributed by atoms with Crippen molar-refractivity contribution in [3.8, 4) is 0 Å². The smallest absolute Gasteiger partial charge is 0.313 e. The third-order valence-electron chi connectivity index (χ3n) is 11.2. The summed E-state index contributed by atoms with van der Waals surface area (Å²) in [7, 11) is 1.68. The highest BCUT2D eigenvalue weighted by Gasteiger charge is 2.76. The number of esters is 1. The first-order chi connectivity index (χ1) is 24.4. The maximum atomic E-state index is 14.9. The Balaban J connectivity index is 1.54. The SMILES string of the molecule is C=CCCC(=O)N(C)[C@@H](C)[C@@H](OC(=O)[C@@H]1[C@H]2C(=O)N([C@@H](CO)[C@@H](C)CC)[C@H](C(=O)N(CC=C)c3ccc(Cl)cc3)[C@]23CC[C@H]1O3)c1ccccc1. The number of benzene rings is 2. The van der Waals surface area contributed by atoms with E-state index < -0.39 is 59.6 Å². The zero-order valence-corrected chi connectivity index (χ0v) is 30.7. The molecule has 11 heteroatoms. The number of amides is 3. The third-order valence-corrected chi connectivity index (χ3v) is 11.4. The zero-order valence-electron chi connectivity index (χ0n) is 29.9. The van der Waals surface area contributed by atoms with Crippen molar-refractivity contribution in [2.45, 2.75) is 88.8 Å². The summed E-state index contributed by atoms with van der Waals surface area (Å²) in [6.45, 7) is 13.1. The number of hydrogen-bond donors (Lipinski definition) is 1. The Morgan fingerprint density at radius 3 is 2.41 bits per heavy atom. The molecule has 2 aromatic rings. The number of fused-ring (bicyclic) bond motifs is 1. The second-order valence-corrected chi connectivity index (χ2v) is 14.4. The van der Waals surface area contributed by atoms with Gasteiger partial charge in [-0.3, -0.25) is 19.2 Å². The molecule has 1 spiro atoms. The van der Waals surface area contributed by atoms with Gasteiger partial charge in [0.05, 0.1) is 36.6 Å². The summed E-state index contributed by atoms with van der Waals surface area (Å²) in [5.41, 5.74) is -0.0516. The monoisotopic (exact) mass is 719 g/mol. The Labute approximate surface area is 306 Å². The molecule has 9 atom stereocenters. The number of aliphatic hydroxyl groups is 1. The van der Waals surface area contributed by atoms with E-state index in [1.165, 1.54) is 4.90 Å². The van der Waals surface area contributed by atoms with Crippen molar-refractivity contribution < 1.29 is 33.8 Å². The van der Waals surface area contributed by atoms with Gasteiger partial charge in [0.1, 0.15) is 17.7 Å². The minimum absolute atomic E-state index is 0.116. The summed E-state index contributed by atoms with van der Waals surface area (Å²) in [5, 5.41) is 11.2. The van der Waals surface area contributed by atoms with E-state index in [0.29, 0.717) is 42.0 Å². The number of allylic oxidation sites excluding steroid dienone is 1. The van der Waals surface area contributed by atoms with E-state index in [0.717, 1.165) is 0 Å². The number of hydrogen-bond acceptors (Lipinski definition) is 7. The number of rotatable bonds is 16. The molecule has 3 saturated heterocycles. The second kappa shape index (κ2) is 16.1. The van der Waals surface area contributed by atoms with Crippen LogP contribution in [-0.4, -0.2) is 88.6 Å². The van der Waals surface area contributed by atoms with Crippen LogP contribution in [0.2, 0.25) is 5.02 Å². The Morgan fingerprint density at radius 2 is 1.80 bits per heavy atom. The summed E-state index contributed by atoms with van der Waals surface area (Å²) in [4.78, 5) is 61.9. The lowest BCUT2D eigenvalue weighted by Gasteiger charge is -2.40. The van der Waals surface area contributed by atoms with Crippen LogP contribution in [-0.2, 0) is 28.7 Å². The van der Waals surface area contributed by atoms with Crippen LogP contribution in [0, 0.1) is 17.8 Å². The van der Waals surface area contributed by atoms with Crippen LogP contribution in [0.4, 0.5) is 5.69 Å². The molecule has 3 fully saturated rings. The molecule has 0 saturated carbocycles. The molecule has 3 aliphatic rings. The fourth-order valence-corrected chi connectivity index (χ4v) is 8.28. The average molecular weight is 720 g/mol. The molecule has 1 N–H and O–H groups in total. The maximum absolute atomic E-state index is 14.9. The molecule has 0 unspecified atom stereocenters.